The van der Waals surface area contributed by atoms with Gasteiger partial charge in [0.1, 0.15) is 0 Å². The van der Waals surface area contributed by atoms with E-state index in [1.54, 1.807) is 0 Å². The Balaban J connectivity index is 1.42. The summed E-state index contributed by atoms with van der Waals surface area (Å²) in [6, 6.07) is 21.4. The molecule has 1 aliphatic rings. The lowest BCUT2D eigenvalue weighted by Gasteiger charge is -2.34. The van der Waals surface area contributed by atoms with E-state index in [9.17, 15) is 0 Å². The molecule has 1 aromatic heterocycles. The van der Waals surface area contributed by atoms with Gasteiger partial charge in [-0.05, 0) is 18.1 Å². The van der Waals surface area contributed by atoms with Crippen LogP contribution in [0.1, 0.15) is 17.0 Å². The number of piperazine rings is 1. The molecule has 0 atom stereocenters. The smallest absolute Gasteiger partial charge is 0.0675 e. The standard InChI is InChI=1S/C23H28N4/c1-19-23(21-11-7-4-8-12-21)22(25(2)24-19)18-27-15-13-26(14-16-27)17-20-9-5-3-6-10-20/h3-12H,13-18H2,1-2H3. The van der Waals surface area contributed by atoms with Gasteiger partial charge in [0.2, 0.25) is 0 Å². The Kier molecular flexibility index (Phi) is 5.37. The van der Waals surface area contributed by atoms with Gasteiger partial charge in [0.05, 0.1) is 11.4 Å². The van der Waals surface area contributed by atoms with Gasteiger partial charge in [-0.1, -0.05) is 60.7 Å². The number of nitrogens with zero attached hydrogens (tertiary/aromatic N) is 4. The fourth-order valence-electron chi connectivity index (χ4n) is 4.03. The zero-order valence-electron chi connectivity index (χ0n) is 16.3. The highest BCUT2D eigenvalue weighted by molar-refractivity contribution is 5.68. The molecule has 140 valence electrons. The van der Waals surface area contributed by atoms with Gasteiger partial charge in [0, 0.05) is 51.9 Å². The van der Waals surface area contributed by atoms with Crippen molar-refractivity contribution in [1.82, 2.24) is 19.6 Å². The minimum atomic E-state index is 0.959. The van der Waals surface area contributed by atoms with Crippen molar-refractivity contribution < 1.29 is 0 Å². The van der Waals surface area contributed by atoms with Crippen LogP contribution >= 0.6 is 0 Å². The van der Waals surface area contributed by atoms with Crippen LogP contribution in [0.5, 0.6) is 0 Å². The molecule has 4 nitrogen and oxygen atoms in total. The average Bonchev–Trinajstić information content (AvgIpc) is 2.98. The molecule has 0 unspecified atom stereocenters. The maximum Gasteiger partial charge on any atom is 0.0675 e. The predicted octanol–water partition coefficient (Wildman–Crippen LogP) is 3.71. The molecule has 0 bridgehead atoms. The van der Waals surface area contributed by atoms with E-state index in [2.05, 4.69) is 89.1 Å². The summed E-state index contributed by atoms with van der Waals surface area (Å²) in [6.07, 6.45) is 0. The Bertz CT molecular complexity index is 862. The molecule has 1 saturated heterocycles. The van der Waals surface area contributed by atoms with Gasteiger partial charge in [-0.3, -0.25) is 14.5 Å². The van der Waals surface area contributed by atoms with E-state index < -0.39 is 0 Å². The van der Waals surface area contributed by atoms with Crippen LogP contribution in [0.4, 0.5) is 0 Å². The third-order valence-corrected chi connectivity index (χ3v) is 5.49. The van der Waals surface area contributed by atoms with Crippen molar-refractivity contribution in [3.05, 3.63) is 77.6 Å². The quantitative estimate of drug-likeness (QED) is 0.693. The van der Waals surface area contributed by atoms with Crippen LogP contribution in [-0.4, -0.2) is 45.8 Å². The molecule has 2 heterocycles. The number of aryl methyl sites for hydroxylation is 2. The van der Waals surface area contributed by atoms with Gasteiger partial charge in [0.15, 0.2) is 0 Å². The van der Waals surface area contributed by atoms with Gasteiger partial charge < -0.3 is 0 Å². The van der Waals surface area contributed by atoms with Gasteiger partial charge in [-0.15, -0.1) is 0 Å². The SMILES string of the molecule is Cc1nn(C)c(CN2CCN(Cc3ccccc3)CC2)c1-c1ccccc1. The van der Waals surface area contributed by atoms with E-state index >= 15 is 0 Å². The first-order chi connectivity index (χ1) is 13.2. The molecule has 1 fully saturated rings. The monoisotopic (exact) mass is 360 g/mol. The highest BCUT2D eigenvalue weighted by Gasteiger charge is 2.21. The molecule has 1 aliphatic heterocycles. The first-order valence-electron chi connectivity index (χ1n) is 9.77. The lowest BCUT2D eigenvalue weighted by Crippen LogP contribution is -2.45. The summed E-state index contributed by atoms with van der Waals surface area (Å²) in [5, 5.41) is 4.70. The predicted molar refractivity (Wildman–Crippen MR) is 110 cm³/mol. The largest absolute Gasteiger partial charge is 0.297 e. The van der Waals surface area contributed by atoms with E-state index in [0.717, 1.165) is 45.0 Å². The van der Waals surface area contributed by atoms with Crippen molar-refractivity contribution in [3.63, 3.8) is 0 Å². The number of rotatable bonds is 5. The molecule has 4 rings (SSSR count). The summed E-state index contributed by atoms with van der Waals surface area (Å²) in [5.74, 6) is 0. The van der Waals surface area contributed by atoms with E-state index in [1.165, 1.54) is 22.4 Å². The van der Waals surface area contributed by atoms with Crippen LogP contribution in [0.15, 0.2) is 60.7 Å². The topological polar surface area (TPSA) is 24.3 Å². The molecule has 0 radical (unpaired) electrons. The average molecular weight is 361 g/mol. The van der Waals surface area contributed by atoms with E-state index in [1.807, 2.05) is 0 Å². The van der Waals surface area contributed by atoms with E-state index in [-0.39, 0.29) is 0 Å². The first-order valence-corrected chi connectivity index (χ1v) is 9.77. The summed E-state index contributed by atoms with van der Waals surface area (Å²) in [4.78, 5) is 5.11. The summed E-state index contributed by atoms with van der Waals surface area (Å²) < 4.78 is 2.06. The Morgan fingerprint density at radius 3 is 1.96 bits per heavy atom. The first kappa shape index (κ1) is 18.0. The van der Waals surface area contributed by atoms with E-state index in [4.69, 9.17) is 5.10 Å². The second-order valence-corrected chi connectivity index (χ2v) is 7.43. The Morgan fingerprint density at radius 2 is 1.33 bits per heavy atom. The highest BCUT2D eigenvalue weighted by atomic mass is 15.3. The highest BCUT2D eigenvalue weighted by Crippen LogP contribution is 2.28. The number of hydrogen-bond donors (Lipinski definition) is 0. The lowest BCUT2D eigenvalue weighted by molar-refractivity contribution is 0.120. The third-order valence-electron chi connectivity index (χ3n) is 5.49. The molecule has 4 heteroatoms. The zero-order chi connectivity index (χ0) is 18.6. The van der Waals surface area contributed by atoms with Crippen molar-refractivity contribution in [3.8, 4) is 11.1 Å². The molecule has 0 aliphatic carbocycles. The van der Waals surface area contributed by atoms with E-state index in [0.29, 0.717) is 0 Å². The summed E-state index contributed by atoms with van der Waals surface area (Å²) in [5.41, 5.74) is 6.39. The van der Waals surface area contributed by atoms with Gasteiger partial charge >= 0.3 is 0 Å². The second kappa shape index (κ2) is 8.07. The summed E-state index contributed by atoms with van der Waals surface area (Å²) in [7, 11) is 2.07. The van der Waals surface area contributed by atoms with Gasteiger partial charge in [-0.25, -0.2) is 0 Å². The molecular formula is C23H28N4. The fraction of sp³-hybridized carbons (Fsp3) is 0.348. The molecule has 0 spiro atoms. The van der Waals surface area contributed by atoms with Crippen LogP contribution < -0.4 is 0 Å². The third kappa shape index (κ3) is 4.12. The molecule has 0 amide bonds. The van der Waals surface area contributed by atoms with Crippen LogP contribution in [0.3, 0.4) is 0 Å². The molecule has 0 N–H and O–H groups in total. The van der Waals surface area contributed by atoms with Gasteiger partial charge in [-0.2, -0.15) is 5.10 Å². The Hall–Kier alpha value is -2.43. The van der Waals surface area contributed by atoms with Crippen molar-refractivity contribution in [2.45, 2.75) is 20.0 Å². The Morgan fingerprint density at radius 1 is 0.778 bits per heavy atom. The summed E-state index contributed by atoms with van der Waals surface area (Å²) in [6.45, 7) is 8.56. The molecule has 0 saturated carbocycles. The van der Waals surface area contributed by atoms with Crippen LogP contribution in [0.2, 0.25) is 0 Å². The van der Waals surface area contributed by atoms with Crippen molar-refractivity contribution >= 4 is 0 Å². The molecular weight excluding hydrogens is 332 g/mol. The van der Waals surface area contributed by atoms with Crippen LogP contribution in [0.25, 0.3) is 11.1 Å². The maximum atomic E-state index is 4.70. The molecule has 2 aromatic carbocycles. The number of benzene rings is 2. The maximum absolute atomic E-state index is 4.70. The minimum Gasteiger partial charge on any atom is -0.297 e. The van der Waals surface area contributed by atoms with Gasteiger partial charge in [0.25, 0.3) is 0 Å². The fourth-order valence-corrected chi connectivity index (χ4v) is 4.03. The summed E-state index contributed by atoms with van der Waals surface area (Å²) >= 11 is 0. The van der Waals surface area contributed by atoms with Crippen molar-refractivity contribution in [2.24, 2.45) is 7.05 Å². The minimum absolute atomic E-state index is 0.959. The second-order valence-electron chi connectivity index (χ2n) is 7.43. The van der Waals surface area contributed by atoms with Crippen LogP contribution in [0, 0.1) is 6.92 Å². The molecule has 27 heavy (non-hydrogen) atoms. The van der Waals surface area contributed by atoms with Crippen molar-refractivity contribution in [1.29, 1.82) is 0 Å². The lowest BCUT2D eigenvalue weighted by atomic mass is 10.0. The van der Waals surface area contributed by atoms with Crippen LogP contribution in [-0.2, 0) is 20.1 Å². The Labute approximate surface area is 162 Å². The number of aromatic nitrogens is 2. The normalized spacial score (nSPS) is 15.9. The molecule has 3 aromatic rings. The zero-order valence-corrected chi connectivity index (χ0v) is 16.3. The van der Waals surface area contributed by atoms with Crippen molar-refractivity contribution in [2.75, 3.05) is 26.2 Å². The number of hydrogen-bond acceptors (Lipinski definition) is 3.